The Bertz CT molecular complexity index is 2800. The summed E-state index contributed by atoms with van der Waals surface area (Å²) in [6.07, 6.45) is 4.83. The number of hydrogen-bond donors (Lipinski definition) is 0. The molecule has 0 saturated carbocycles. The average Bonchev–Trinajstić information content (AvgIpc) is 3.71. The van der Waals surface area contributed by atoms with Gasteiger partial charge in [0.15, 0.2) is 0 Å². The van der Waals surface area contributed by atoms with Gasteiger partial charge in [-0.1, -0.05) is 140 Å². The van der Waals surface area contributed by atoms with Gasteiger partial charge in [-0.25, -0.2) is 0 Å². The first-order chi connectivity index (χ1) is 24.8. The molecule has 9 aromatic rings. The van der Waals surface area contributed by atoms with Crippen molar-refractivity contribution < 1.29 is 0 Å². The van der Waals surface area contributed by atoms with E-state index in [4.69, 9.17) is 0 Å². The molecule has 8 aromatic carbocycles. The van der Waals surface area contributed by atoms with Gasteiger partial charge in [0, 0.05) is 28.4 Å². The Hall–Kier alpha value is -6.38. The number of anilines is 2. The number of nitrogens with zero attached hydrogens (tertiary/aromatic N) is 2. The van der Waals surface area contributed by atoms with Gasteiger partial charge >= 0.3 is 0 Å². The average molecular weight is 637 g/mol. The Labute approximate surface area is 290 Å². The van der Waals surface area contributed by atoms with Crippen LogP contribution in [0.25, 0.3) is 66.1 Å². The van der Waals surface area contributed by atoms with Crippen molar-refractivity contribution in [2.45, 2.75) is 12.0 Å². The maximum atomic E-state index is 2.59. The summed E-state index contributed by atoms with van der Waals surface area (Å²) in [6.45, 7) is 0. The SMILES string of the molecule is C1=CC2C(c3ccccc3N2c2ccc3c4ccccc4c4ccccc4c3c2)c2c1n(-c1cccc(-c3ccccc3)c1)c1ccccc21. The summed E-state index contributed by atoms with van der Waals surface area (Å²) in [7, 11) is 0. The van der Waals surface area contributed by atoms with Crippen LogP contribution in [0.2, 0.25) is 0 Å². The van der Waals surface area contributed by atoms with Crippen LogP contribution in [0.15, 0.2) is 176 Å². The van der Waals surface area contributed by atoms with E-state index in [2.05, 4.69) is 191 Å². The minimum atomic E-state index is 0.152. The molecular weight excluding hydrogens is 605 g/mol. The van der Waals surface area contributed by atoms with Crippen LogP contribution < -0.4 is 4.90 Å². The minimum absolute atomic E-state index is 0.152. The number of benzene rings is 8. The first-order valence-electron chi connectivity index (χ1n) is 17.5. The highest BCUT2D eigenvalue weighted by Gasteiger charge is 2.43. The third-order valence-corrected chi connectivity index (χ3v) is 11.1. The summed E-state index contributed by atoms with van der Waals surface area (Å²) in [5.41, 5.74) is 11.4. The highest BCUT2D eigenvalue weighted by atomic mass is 15.2. The molecule has 50 heavy (non-hydrogen) atoms. The molecule has 0 radical (unpaired) electrons. The molecule has 2 heteroatoms. The lowest BCUT2D eigenvalue weighted by atomic mass is 9.82. The fourth-order valence-corrected chi connectivity index (χ4v) is 9.04. The Balaban J connectivity index is 1.12. The molecule has 2 nitrogen and oxygen atoms in total. The Morgan fingerprint density at radius 3 is 1.82 bits per heavy atom. The molecule has 0 N–H and O–H groups in total. The fraction of sp³-hybridized carbons (Fsp3) is 0.0417. The second-order valence-corrected chi connectivity index (χ2v) is 13.6. The number of fused-ring (bicyclic) bond motifs is 13. The van der Waals surface area contributed by atoms with Gasteiger partial charge in [0.2, 0.25) is 0 Å². The number of hydrogen-bond acceptors (Lipinski definition) is 1. The topological polar surface area (TPSA) is 8.17 Å². The molecule has 1 aliphatic carbocycles. The molecule has 2 atom stereocenters. The summed E-state index contributed by atoms with van der Waals surface area (Å²) in [5.74, 6) is 0.193. The van der Waals surface area contributed by atoms with E-state index < -0.39 is 0 Å². The van der Waals surface area contributed by atoms with Crippen LogP contribution >= 0.6 is 0 Å². The van der Waals surface area contributed by atoms with Crippen molar-refractivity contribution in [3.63, 3.8) is 0 Å². The highest BCUT2D eigenvalue weighted by Crippen LogP contribution is 2.54. The molecule has 0 amide bonds. The molecule has 0 fully saturated rings. The zero-order valence-electron chi connectivity index (χ0n) is 27.4. The maximum Gasteiger partial charge on any atom is 0.0637 e. The number of rotatable bonds is 3. The molecule has 0 bridgehead atoms. The van der Waals surface area contributed by atoms with Gasteiger partial charge in [0.25, 0.3) is 0 Å². The van der Waals surface area contributed by atoms with Gasteiger partial charge in [-0.3, -0.25) is 0 Å². The van der Waals surface area contributed by atoms with Crippen molar-refractivity contribution in [3.8, 4) is 16.8 Å². The first-order valence-corrected chi connectivity index (χ1v) is 17.5. The Morgan fingerprint density at radius 1 is 0.420 bits per heavy atom. The van der Waals surface area contributed by atoms with Gasteiger partial charge in [0.1, 0.15) is 0 Å². The molecule has 234 valence electrons. The van der Waals surface area contributed by atoms with Crippen molar-refractivity contribution in [2.75, 3.05) is 4.90 Å². The molecule has 1 aliphatic heterocycles. The second-order valence-electron chi connectivity index (χ2n) is 13.6. The number of para-hydroxylation sites is 2. The summed E-state index contributed by atoms with van der Waals surface area (Å²) in [5, 5.41) is 9.14. The van der Waals surface area contributed by atoms with Crippen LogP contribution in [0.1, 0.15) is 22.7 Å². The molecule has 11 rings (SSSR count). The smallest absolute Gasteiger partial charge is 0.0637 e. The van der Waals surface area contributed by atoms with Crippen molar-refractivity contribution >= 4 is 60.7 Å². The van der Waals surface area contributed by atoms with E-state index in [1.165, 1.54) is 88.2 Å². The Kier molecular flexibility index (Phi) is 5.82. The van der Waals surface area contributed by atoms with E-state index in [0.29, 0.717) is 0 Å². The number of aromatic nitrogens is 1. The van der Waals surface area contributed by atoms with Crippen molar-refractivity contribution in [1.29, 1.82) is 0 Å². The fourth-order valence-electron chi connectivity index (χ4n) is 9.04. The lowest BCUT2D eigenvalue weighted by molar-refractivity contribution is 0.726. The van der Waals surface area contributed by atoms with Gasteiger partial charge in [-0.15, -0.1) is 0 Å². The van der Waals surface area contributed by atoms with E-state index in [0.717, 1.165) is 0 Å². The molecule has 0 saturated heterocycles. The van der Waals surface area contributed by atoms with Crippen LogP contribution in [0, 0.1) is 0 Å². The van der Waals surface area contributed by atoms with E-state index in [1.54, 1.807) is 0 Å². The van der Waals surface area contributed by atoms with Crippen LogP contribution in [-0.2, 0) is 0 Å². The first kappa shape index (κ1) is 27.6. The second kappa shape index (κ2) is 10.6. The van der Waals surface area contributed by atoms with Gasteiger partial charge in [0.05, 0.1) is 17.3 Å². The molecule has 1 aromatic heterocycles. The van der Waals surface area contributed by atoms with E-state index >= 15 is 0 Å². The predicted octanol–water partition coefficient (Wildman–Crippen LogP) is 12.4. The lowest BCUT2D eigenvalue weighted by Crippen LogP contribution is -2.30. The molecule has 2 unspecified atom stereocenters. The predicted molar refractivity (Wildman–Crippen MR) is 211 cm³/mol. The zero-order valence-corrected chi connectivity index (χ0v) is 27.4. The highest BCUT2D eigenvalue weighted by molar-refractivity contribution is 6.25. The lowest BCUT2D eigenvalue weighted by Gasteiger charge is -2.31. The molecule has 2 aliphatic rings. The van der Waals surface area contributed by atoms with E-state index in [-0.39, 0.29) is 12.0 Å². The molecule has 2 heterocycles. The summed E-state index contributed by atoms with van der Waals surface area (Å²) in [6, 6.07) is 62.7. The molecule has 0 spiro atoms. The van der Waals surface area contributed by atoms with Crippen molar-refractivity contribution in [3.05, 3.63) is 193 Å². The Morgan fingerprint density at radius 2 is 1.04 bits per heavy atom. The van der Waals surface area contributed by atoms with Crippen LogP contribution in [0.3, 0.4) is 0 Å². The zero-order chi connectivity index (χ0) is 32.8. The van der Waals surface area contributed by atoms with E-state index in [1.807, 2.05) is 0 Å². The monoisotopic (exact) mass is 636 g/mol. The van der Waals surface area contributed by atoms with Crippen LogP contribution in [-0.4, -0.2) is 10.6 Å². The molecular formula is C48H32N2. The quantitative estimate of drug-likeness (QED) is 0.175. The largest absolute Gasteiger partial charge is 0.333 e. The van der Waals surface area contributed by atoms with Crippen LogP contribution in [0.4, 0.5) is 11.4 Å². The summed E-state index contributed by atoms with van der Waals surface area (Å²) < 4.78 is 2.47. The van der Waals surface area contributed by atoms with Crippen molar-refractivity contribution in [1.82, 2.24) is 4.57 Å². The van der Waals surface area contributed by atoms with Crippen LogP contribution in [0.5, 0.6) is 0 Å². The normalized spacial score (nSPS) is 16.3. The summed E-state index contributed by atoms with van der Waals surface area (Å²) >= 11 is 0. The van der Waals surface area contributed by atoms with Gasteiger partial charge < -0.3 is 9.47 Å². The minimum Gasteiger partial charge on any atom is -0.333 e. The maximum absolute atomic E-state index is 2.59. The standard InChI is InChI=1S/C48H32N2/c1-2-13-31(14-3-1)32-15-12-16-33(29-32)49-43-23-10-8-21-40(43)47-45(49)27-28-46-48(47)41-22-9-11-24-44(41)50(46)34-25-26-39-37-19-5-4-17-35(37)36-18-6-7-20-38(36)42(39)30-34/h1-30,46,48H. The van der Waals surface area contributed by atoms with Crippen molar-refractivity contribution in [2.24, 2.45) is 0 Å². The van der Waals surface area contributed by atoms with Gasteiger partial charge in [-0.2, -0.15) is 0 Å². The summed E-state index contributed by atoms with van der Waals surface area (Å²) in [4.78, 5) is 2.59. The van der Waals surface area contributed by atoms with Gasteiger partial charge in [-0.05, 0) is 97.0 Å². The third-order valence-electron chi connectivity index (χ3n) is 11.1. The van der Waals surface area contributed by atoms with E-state index in [9.17, 15) is 0 Å². The third kappa shape index (κ3) is 3.85.